The first-order chi connectivity index (χ1) is 5.24. The number of hydrazone groups is 1. The molecule has 0 radical (unpaired) electrons. The average Bonchev–Trinajstić information content (AvgIpc) is 2.05. The molecular formula is C8H10N2O. The number of nitrogens with zero attached hydrogens (tertiary/aromatic N) is 1. The molecule has 0 unspecified atom stereocenters. The summed E-state index contributed by atoms with van der Waals surface area (Å²) in [5.41, 5.74) is 1.68. The van der Waals surface area contributed by atoms with Gasteiger partial charge in [-0.05, 0) is 36.8 Å². The van der Waals surface area contributed by atoms with Crippen molar-refractivity contribution in [1.82, 2.24) is 0 Å². The zero-order valence-corrected chi connectivity index (χ0v) is 6.28. The van der Waals surface area contributed by atoms with Gasteiger partial charge < -0.3 is 10.9 Å². The van der Waals surface area contributed by atoms with Crippen LogP contribution in [-0.2, 0) is 0 Å². The Bertz CT molecular complexity index is 264. The Morgan fingerprint density at radius 1 is 1.36 bits per heavy atom. The quantitative estimate of drug-likeness (QED) is 0.357. The topological polar surface area (TPSA) is 58.6 Å². The normalized spacial score (nSPS) is 11.5. The second-order valence-electron chi connectivity index (χ2n) is 2.26. The fourth-order valence-corrected chi connectivity index (χ4v) is 0.777. The lowest BCUT2D eigenvalue weighted by Gasteiger charge is -1.97. The van der Waals surface area contributed by atoms with E-state index in [2.05, 4.69) is 5.10 Å². The van der Waals surface area contributed by atoms with Crippen LogP contribution in [-0.4, -0.2) is 10.8 Å². The van der Waals surface area contributed by atoms with E-state index in [0.717, 1.165) is 11.3 Å². The predicted octanol–water partition coefficient (Wildman–Crippen LogP) is 1.07. The molecule has 1 aromatic carbocycles. The highest BCUT2D eigenvalue weighted by molar-refractivity contribution is 5.98. The predicted molar refractivity (Wildman–Crippen MR) is 44.5 cm³/mol. The molecule has 3 heteroatoms. The lowest BCUT2D eigenvalue weighted by molar-refractivity contribution is 0.475. The monoisotopic (exact) mass is 150 g/mol. The van der Waals surface area contributed by atoms with Crippen LogP contribution >= 0.6 is 0 Å². The van der Waals surface area contributed by atoms with Crippen LogP contribution in [0.25, 0.3) is 0 Å². The Kier molecular flexibility index (Phi) is 2.11. The number of benzene rings is 1. The van der Waals surface area contributed by atoms with Crippen LogP contribution in [0.1, 0.15) is 12.5 Å². The van der Waals surface area contributed by atoms with Gasteiger partial charge in [0.15, 0.2) is 0 Å². The summed E-state index contributed by atoms with van der Waals surface area (Å²) in [7, 11) is 0. The molecule has 0 aliphatic carbocycles. The van der Waals surface area contributed by atoms with E-state index < -0.39 is 0 Å². The zero-order chi connectivity index (χ0) is 8.27. The SMILES string of the molecule is C/C(=N\N)c1ccc(O)cc1. The van der Waals surface area contributed by atoms with E-state index in [1.54, 1.807) is 24.3 Å². The first kappa shape index (κ1) is 7.60. The Morgan fingerprint density at radius 2 is 1.91 bits per heavy atom. The molecule has 0 aromatic heterocycles. The van der Waals surface area contributed by atoms with Crippen LogP contribution in [0.5, 0.6) is 5.75 Å². The van der Waals surface area contributed by atoms with E-state index in [0.29, 0.717) is 0 Å². The van der Waals surface area contributed by atoms with Gasteiger partial charge in [-0.2, -0.15) is 5.10 Å². The molecule has 0 amide bonds. The van der Waals surface area contributed by atoms with Crippen LogP contribution in [0.4, 0.5) is 0 Å². The van der Waals surface area contributed by atoms with Gasteiger partial charge in [0.25, 0.3) is 0 Å². The van der Waals surface area contributed by atoms with Crippen LogP contribution < -0.4 is 5.84 Å². The molecule has 0 saturated carbocycles. The summed E-state index contributed by atoms with van der Waals surface area (Å²) in [5.74, 6) is 5.32. The lowest BCUT2D eigenvalue weighted by Crippen LogP contribution is -1.97. The number of phenols is 1. The molecule has 3 nitrogen and oxygen atoms in total. The summed E-state index contributed by atoms with van der Waals surface area (Å²) in [5, 5.41) is 12.5. The maximum atomic E-state index is 8.94. The maximum Gasteiger partial charge on any atom is 0.115 e. The molecule has 0 aliphatic heterocycles. The van der Waals surface area contributed by atoms with E-state index in [9.17, 15) is 0 Å². The molecule has 0 fully saturated rings. The summed E-state index contributed by atoms with van der Waals surface area (Å²) in [6.07, 6.45) is 0. The lowest BCUT2D eigenvalue weighted by atomic mass is 10.1. The molecule has 0 saturated heterocycles. The molecule has 3 N–H and O–H groups in total. The van der Waals surface area contributed by atoms with Gasteiger partial charge in [0.1, 0.15) is 5.75 Å². The molecule has 0 atom stereocenters. The van der Waals surface area contributed by atoms with Gasteiger partial charge in [0.2, 0.25) is 0 Å². The highest BCUT2D eigenvalue weighted by Crippen LogP contribution is 2.09. The van der Waals surface area contributed by atoms with Crippen LogP contribution in [0.15, 0.2) is 29.4 Å². The van der Waals surface area contributed by atoms with Crippen molar-refractivity contribution < 1.29 is 5.11 Å². The highest BCUT2D eigenvalue weighted by Gasteiger charge is 1.94. The molecule has 0 bridgehead atoms. The van der Waals surface area contributed by atoms with Gasteiger partial charge in [-0.25, -0.2) is 0 Å². The second-order valence-corrected chi connectivity index (χ2v) is 2.26. The number of phenolic OH excluding ortho intramolecular Hbond substituents is 1. The largest absolute Gasteiger partial charge is 0.508 e. The van der Waals surface area contributed by atoms with Crippen molar-refractivity contribution in [1.29, 1.82) is 0 Å². The van der Waals surface area contributed by atoms with Crippen molar-refractivity contribution in [3.05, 3.63) is 29.8 Å². The molecule has 0 heterocycles. The molecule has 1 aromatic rings. The molecule has 1 rings (SSSR count). The summed E-state index contributed by atoms with van der Waals surface area (Å²) in [6, 6.07) is 6.73. The summed E-state index contributed by atoms with van der Waals surface area (Å²) >= 11 is 0. The second kappa shape index (κ2) is 3.05. The number of nitrogens with two attached hydrogens (primary N) is 1. The first-order valence-electron chi connectivity index (χ1n) is 3.28. The third kappa shape index (κ3) is 1.70. The average molecular weight is 150 g/mol. The fourth-order valence-electron chi connectivity index (χ4n) is 0.777. The van der Waals surface area contributed by atoms with Crippen molar-refractivity contribution in [3.8, 4) is 5.75 Å². The highest BCUT2D eigenvalue weighted by atomic mass is 16.3. The van der Waals surface area contributed by atoms with Gasteiger partial charge in [-0.15, -0.1) is 0 Å². The minimum absolute atomic E-state index is 0.249. The first-order valence-corrected chi connectivity index (χ1v) is 3.28. The Labute approximate surface area is 65.2 Å². The van der Waals surface area contributed by atoms with Crippen molar-refractivity contribution >= 4 is 5.71 Å². The van der Waals surface area contributed by atoms with Gasteiger partial charge >= 0.3 is 0 Å². The summed E-state index contributed by atoms with van der Waals surface area (Å²) in [4.78, 5) is 0. The molecule has 0 spiro atoms. The zero-order valence-electron chi connectivity index (χ0n) is 6.28. The maximum absolute atomic E-state index is 8.94. The van der Waals surface area contributed by atoms with Crippen LogP contribution in [0, 0.1) is 0 Å². The molecular weight excluding hydrogens is 140 g/mol. The van der Waals surface area contributed by atoms with E-state index >= 15 is 0 Å². The fraction of sp³-hybridized carbons (Fsp3) is 0.125. The minimum Gasteiger partial charge on any atom is -0.508 e. The number of aromatic hydroxyl groups is 1. The molecule has 11 heavy (non-hydrogen) atoms. The van der Waals surface area contributed by atoms with Crippen molar-refractivity contribution in [3.63, 3.8) is 0 Å². The third-order valence-electron chi connectivity index (χ3n) is 1.48. The summed E-state index contributed by atoms with van der Waals surface area (Å²) < 4.78 is 0. The van der Waals surface area contributed by atoms with Gasteiger partial charge in [-0.1, -0.05) is 0 Å². The van der Waals surface area contributed by atoms with E-state index in [1.807, 2.05) is 6.92 Å². The van der Waals surface area contributed by atoms with Gasteiger partial charge in [0, 0.05) is 0 Å². The Morgan fingerprint density at radius 3 is 2.36 bits per heavy atom. The third-order valence-corrected chi connectivity index (χ3v) is 1.48. The molecule has 0 aliphatic rings. The van der Waals surface area contributed by atoms with Crippen LogP contribution in [0.2, 0.25) is 0 Å². The Hall–Kier alpha value is -1.51. The van der Waals surface area contributed by atoms with Gasteiger partial charge in [0.05, 0.1) is 5.71 Å². The smallest absolute Gasteiger partial charge is 0.115 e. The molecule has 58 valence electrons. The van der Waals surface area contributed by atoms with E-state index in [1.165, 1.54) is 0 Å². The summed E-state index contributed by atoms with van der Waals surface area (Å²) in [6.45, 7) is 1.81. The standard InChI is InChI=1S/C8H10N2O/c1-6(10-9)7-2-4-8(11)5-3-7/h2-5,11H,9H2,1H3/b10-6+. The Balaban J connectivity index is 2.99. The van der Waals surface area contributed by atoms with Crippen molar-refractivity contribution in [2.75, 3.05) is 0 Å². The number of hydrogen-bond donors (Lipinski definition) is 2. The van der Waals surface area contributed by atoms with Crippen molar-refractivity contribution in [2.45, 2.75) is 6.92 Å². The number of rotatable bonds is 1. The van der Waals surface area contributed by atoms with Crippen molar-refractivity contribution in [2.24, 2.45) is 10.9 Å². The van der Waals surface area contributed by atoms with E-state index in [-0.39, 0.29) is 5.75 Å². The van der Waals surface area contributed by atoms with E-state index in [4.69, 9.17) is 10.9 Å². The van der Waals surface area contributed by atoms with Gasteiger partial charge in [-0.3, -0.25) is 0 Å². The minimum atomic E-state index is 0.249. The number of hydrogen-bond acceptors (Lipinski definition) is 3. The van der Waals surface area contributed by atoms with Crippen LogP contribution in [0.3, 0.4) is 0 Å².